The average molecular weight is 191 g/mol. The van der Waals surface area contributed by atoms with Gasteiger partial charge in [0.2, 0.25) is 0 Å². The lowest BCUT2D eigenvalue weighted by molar-refractivity contribution is 0.781. The van der Waals surface area contributed by atoms with Gasteiger partial charge < -0.3 is 4.57 Å². The largest absolute Gasteiger partial charge is 0.331 e. The molecule has 5 heteroatoms. The van der Waals surface area contributed by atoms with Gasteiger partial charge in [0.25, 0.3) is 0 Å². The lowest BCUT2D eigenvalue weighted by Crippen LogP contribution is -1.92. The lowest BCUT2D eigenvalue weighted by Gasteiger charge is -1.96. The normalized spacial score (nSPS) is 11.1. The molecule has 0 radical (unpaired) electrons. The Morgan fingerprint density at radius 3 is 2.71 bits per heavy atom. The summed E-state index contributed by atoms with van der Waals surface area (Å²) in [6.45, 7) is 4.15. The Hall–Kier alpha value is -1.65. The molecule has 14 heavy (non-hydrogen) atoms. The molecule has 0 spiro atoms. The van der Waals surface area contributed by atoms with Crippen LogP contribution in [0.1, 0.15) is 25.6 Å². The molecule has 0 aromatic carbocycles. The minimum atomic E-state index is 0.365. The van der Waals surface area contributed by atoms with Crippen LogP contribution in [0.5, 0.6) is 0 Å². The van der Waals surface area contributed by atoms with Crippen molar-refractivity contribution in [1.29, 1.82) is 0 Å². The van der Waals surface area contributed by atoms with Crippen LogP contribution in [-0.2, 0) is 7.05 Å². The number of aryl methyl sites for hydroxylation is 1. The van der Waals surface area contributed by atoms with Gasteiger partial charge in [-0.05, 0) is 0 Å². The van der Waals surface area contributed by atoms with Crippen LogP contribution in [0.25, 0.3) is 11.5 Å². The van der Waals surface area contributed by atoms with E-state index in [0.29, 0.717) is 11.7 Å². The topological polar surface area (TPSA) is 59.4 Å². The summed E-state index contributed by atoms with van der Waals surface area (Å²) in [6, 6.07) is 0. The second-order valence-corrected chi connectivity index (χ2v) is 3.59. The molecule has 2 aromatic heterocycles. The summed E-state index contributed by atoms with van der Waals surface area (Å²) >= 11 is 0. The summed E-state index contributed by atoms with van der Waals surface area (Å²) in [5.41, 5.74) is 0.924. The van der Waals surface area contributed by atoms with Gasteiger partial charge in [0, 0.05) is 13.0 Å². The van der Waals surface area contributed by atoms with Crippen molar-refractivity contribution in [3.63, 3.8) is 0 Å². The molecule has 0 atom stereocenters. The highest BCUT2D eigenvalue weighted by molar-refractivity contribution is 5.47. The Bertz CT molecular complexity index is 426. The Labute approximate surface area is 82.2 Å². The van der Waals surface area contributed by atoms with Crippen LogP contribution >= 0.6 is 0 Å². The zero-order valence-corrected chi connectivity index (χ0v) is 8.52. The van der Waals surface area contributed by atoms with Gasteiger partial charge in [0.15, 0.2) is 5.82 Å². The van der Waals surface area contributed by atoms with Gasteiger partial charge in [0.1, 0.15) is 11.5 Å². The van der Waals surface area contributed by atoms with E-state index < -0.39 is 0 Å². The second kappa shape index (κ2) is 3.25. The fraction of sp³-hybridized carbons (Fsp3) is 0.444. The first-order chi connectivity index (χ1) is 6.68. The van der Waals surface area contributed by atoms with Crippen LogP contribution in [0.4, 0.5) is 0 Å². The van der Waals surface area contributed by atoms with E-state index in [1.54, 1.807) is 12.5 Å². The van der Waals surface area contributed by atoms with Gasteiger partial charge in [-0.15, -0.1) is 0 Å². The Morgan fingerprint density at radius 2 is 2.21 bits per heavy atom. The summed E-state index contributed by atoms with van der Waals surface area (Å²) in [6.07, 6.45) is 3.49. The van der Waals surface area contributed by atoms with Gasteiger partial charge in [-0.2, -0.15) is 5.10 Å². The fourth-order valence-electron chi connectivity index (χ4n) is 1.22. The van der Waals surface area contributed by atoms with Crippen LogP contribution in [0.3, 0.4) is 0 Å². The average Bonchev–Trinajstić information content (AvgIpc) is 2.71. The third kappa shape index (κ3) is 1.41. The number of rotatable bonds is 2. The number of hydrogen-bond acceptors (Lipinski definition) is 3. The maximum absolute atomic E-state index is 4.39. The van der Waals surface area contributed by atoms with Gasteiger partial charge in [-0.25, -0.2) is 9.97 Å². The number of nitrogens with zero attached hydrogens (tertiary/aromatic N) is 4. The number of imidazole rings is 1. The molecule has 5 nitrogen and oxygen atoms in total. The van der Waals surface area contributed by atoms with E-state index >= 15 is 0 Å². The molecule has 0 aliphatic carbocycles. The smallest absolute Gasteiger partial charge is 0.199 e. The number of nitrogens with one attached hydrogen (secondary N) is 1. The molecule has 0 aliphatic heterocycles. The van der Waals surface area contributed by atoms with Gasteiger partial charge in [0.05, 0.1) is 12.5 Å². The van der Waals surface area contributed by atoms with Crippen molar-refractivity contribution < 1.29 is 0 Å². The van der Waals surface area contributed by atoms with E-state index in [0.717, 1.165) is 11.5 Å². The van der Waals surface area contributed by atoms with Crippen molar-refractivity contribution in [2.24, 2.45) is 7.05 Å². The standard InChI is InChI=1S/C9H13N5/c1-6(2)8-11-9(13-12-8)7-4-10-5-14(7)3/h4-6H,1-3H3,(H,11,12,13). The Morgan fingerprint density at radius 1 is 1.43 bits per heavy atom. The van der Waals surface area contributed by atoms with Crippen molar-refractivity contribution in [2.45, 2.75) is 19.8 Å². The molecule has 1 N–H and O–H groups in total. The Kier molecular flexibility index (Phi) is 2.07. The van der Waals surface area contributed by atoms with E-state index in [9.17, 15) is 0 Å². The monoisotopic (exact) mass is 191 g/mol. The van der Waals surface area contributed by atoms with E-state index in [1.807, 2.05) is 11.6 Å². The molecule has 2 rings (SSSR count). The second-order valence-electron chi connectivity index (χ2n) is 3.59. The maximum atomic E-state index is 4.39. The molecule has 2 heterocycles. The maximum Gasteiger partial charge on any atom is 0.199 e. The minimum Gasteiger partial charge on any atom is -0.331 e. The SMILES string of the molecule is CC(C)c1nc(-c2cncn2C)n[nH]1. The van der Waals surface area contributed by atoms with E-state index in [1.165, 1.54) is 0 Å². The highest BCUT2D eigenvalue weighted by Gasteiger charge is 2.10. The summed E-state index contributed by atoms with van der Waals surface area (Å²) in [5.74, 6) is 1.97. The molecule has 0 saturated heterocycles. The molecule has 0 bridgehead atoms. The molecule has 74 valence electrons. The van der Waals surface area contributed by atoms with Gasteiger partial charge in [-0.3, -0.25) is 5.10 Å². The van der Waals surface area contributed by atoms with Crippen molar-refractivity contribution in [1.82, 2.24) is 24.7 Å². The summed E-state index contributed by atoms with van der Waals surface area (Å²) in [4.78, 5) is 8.41. The van der Waals surface area contributed by atoms with Gasteiger partial charge >= 0.3 is 0 Å². The van der Waals surface area contributed by atoms with Crippen molar-refractivity contribution >= 4 is 0 Å². The lowest BCUT2D eigenvalue weighted by atomic mass is 10.2. The predicted octanol–water partition coefficient (Wildman–Crippen LogP) is 1.33. The zero-order chi connectivity index (χ0) is 10.1. The number of aromatic nitrogens is 5. The zero-order valence-electron chi connectivity index (χ0n) is 8.52. The molecular formula is C9H13N5. The number of hydrogen-bond donors (Lipinski definition) is 1. The molecule has 0 amide bonds. The fourth-order valence-corrected chi connectivity index (χ4v) is 1.22. The Balaban J connectivity index is 2.39. The molecule has 0 fully saturated rings. The molecular weight excluding hydrogens is 178 g/mol. The van der Waals surface area contributed by atoms with Gasteiger partial charge in [-0.1, -0.05) is 13.8 Å². The minimum absolute atomic E-state index is 0.365. The van der Waals surface area contributed by atoms with Crippen molar-refractivity contribution in [2.75, 3.05) is 0 Å². The highest BCUT2D eigenvalue weighted by Crippen LogP contribution is 2.15. The predicted molar refractivity (Wildman–Crippen MR) is 52.7 cm³/mol. The summed E-state index contributed by atoms with van der Waals surface area (Å²) < 4.78 is 1.90. The molecule has 0 unspecified atom stereocenters. The first-order valence-corrected chi connectivity index (χ1v) is 4.57. The number of aromatic amines is 1. The molecule has 2 aromatic rings. The third-order valence-electron chi connectivity index (χ3n) is 2.10. The van der Waals surface area contributed by atoms with Crippen LogP contribution in [0, 0.1) is 0 Å². The van der Waals surface area contributed by atoms with Crippen LogP contribution in [-0.4, -0.2) is 24.7 Å². The van der Waals surface area contributed by atoms with Crippen molar-refractivity contribution in [3.05, 3.63) is 18.3 Å². The number of H-pyrrole nitrogens is 1. The highest BCUT2D eigenvalue weighted by atomic mass is 15.2. The summed E-state index contributed by atoms with van der Waals surface area (Å²) in [5, 5.41) is 7.06. The van der Waals surface area contributed by atoms with Crippen LogP contribution in [0.15, 0.2) is 12.5 Å². The van der Waals surface area contributed by atoms with Crippen LogP contribution in [0.2, 0.25) is 0 Å². The van der Waals surface area contributed by atoms with E-state index in [-0.39, 0.29) is 0 Å². The van der Waals surface area contributed by atoms with E-state index in [4.69, 9.17) is 0 Å². The summed E-state index contributed by atoms with van der Waals surface area (Å²) in [7, 11) is 1.92. The van der Waals surface area contributed by atoms with Crippen molar-refractivity contribution in [3.8, 4) is 11.5 Å². The first kappa shape index (κ1) is 8.93. The third-order valence-corrected chi connectivity index (χ3v) is 2.10. The molecule has 0 aliphatic rings. The molecule has 0 saturated carbocycles. The van der Waals surface area contributed by atoms with Crippen LogP contribution < -0.4 is 0 Å². The van der Waals surface area contributed by atoms with E-state index in [2.05, 4.69) is 34.0 Å². The first-order valence-electron chi connectivity index (χ1n) is 4.57. The quantitative estimate of drug-likeness (QED) is 0.779.